The van der Waals surface area contributed by atoms with Crippen LogP contribution in [0.15, 0.2) is 9.50 Å². The van der Waals surface area contributed by atoms with Gasteiger partial charge in [0, 0.05) is 5.41 Å². The Bertz CT molecular complexity index is 575. The molecule has 2 aliphatic carbocycles. The van der Waals surface area contributed by atoms with E-state index in [1.165, 1.54) is 47.9 Å². The van der Waals surface area contributed by atoms with E-state index in [0.29, 0.717) is 11.7 Å². The van der Waals surface area contributed by atoms with Gasteiger partial charge in [0.2, 0.25) is 5.16 Å². The average Bonchev–Trinajstić information content (AvgIpc) is 3.07. The molecule has 7 heteroatoms. The number of esters is 1. The van der Waals surface area contributed by atoms with Crippen molar-refractivity contribution >= 4 is 41.0 Å². The first kappa shape index (κ1) is 16.6. The van der Waals surface area contributed by atoms with Crippen LogP contribution < -0.4 is 0 Å². The number of thioether (sulfide) groups is 2. The minimum absolute atomic E-state index is 0.0746. The summed E-state index contributed by atoms with van der Waals surface area (Å²) in [7, 11) is 0. The number of fused-ring (bicyclic) bond motifs is 2. The number of carbonyl (C=O) groups is 1. The second-order valence-corrected chi connectivity index (χ2v) is 9.67. The lowest BCUT2D eigenvalue weighted by Gasteiger charge is -2.38. The molecule has 0 saturated heterocycles. The van der Waals surface area contributed by atoms with Crippen molar-refractivity contribution in [2.45, 2.75) is 55.6 Å². The third-order valence-electron chi connectivity index (χ3n) is 5.87. The van der Waals surface area contributed by atoms with Crippen molar-refractivity contribution < 1.29 is 9.53 Å². The van der Waals surface area contributed by atoms with E-state index in [0.717, 1.165) is 15.9 Å². The van der Waals surface area contributed by atoms with Crippen LogP contribution in [0.3, 0.4) is 0 Å². The predicted octanol–water partition coefficient (Wildman–Crippen LogP) is 4.11. The van der Waals surface area contributed by atoms with Gasteiger partial charge in [0.25, 0.3) is 0 Å². The largest absolute Gasteiger partial charge is 0.461 e. The normalized spacial score (nSPS) is 32.4. The first-order valence-corrected chi connectivity index (χ1v) is 10.5. The van der Waals surface area contributed by atoms with Gasteiger partial charge in [-0.3, -0.25) is 4.79 Å². The monoisotopic (exact) mass is 358 g/mol. The molecule has 0 aromatic carbocycles. The van der Waals surface area contributed by atoms with Crippen LogP contribution in [-0.4, -0.2) is 33.4 Å². The predicted molar refractivity (Wildman–Crippen MR) is 91.5 cm³/mol. The topological polar surface area (TPSA) is 52.1 Å². The van der Waals surface area contributed by atoms with E-state index in [9.17, 15) is 4.79 Å². The molecule has 2 fully saturated rings. The third kappa shape index (κ3) is 2.69. The Labute approximate surface area is 144 Å². The van der Waals surface area contributed by atoms with Crippen molar-refractivity contribution in [1.82, 2.24) is 9.36 Å². The van der Waals surface area contributed by atoms with Crippen LogP contribution in [0.25, 0.3) is 0 Å². The smallest absolute Gasteiger partial charge is 0.316 e. The molecule has 22 heavy (non-hydrogen) atoms. The number of rotatable bonds is 5. The summed E-state index contributed by atoms with van der Waals surface area (Å²) in [5.74, 6) is 0.886. The molecular weight excluding hydrogens is 336 g/mol. The second-order valence-electron chi connectivity index (χ2n) is 6.92. The maximum absolute atomic E-state index is 12.2. The van der Waals surface area contributed by atoms with E-state index in [2.05, 4.69) is 30.1 Å². The molecule has 1 aromatic heterocycles. The number of hydrogen-bond acceptors (Lipinski definition) is 7. The van der Waals surface area contributed by atoms with Crippen LogP contribution in [0, 0.1) is 16.7 Å². The van der Waals surface area contributed by atoms with Gasteiger partial charge < -0.3 is 4.74 Å². The average molecular weight is 359 g/mol. The highest BCUT2D eigenvalue weighted by Gasteiger charge is 2.62. The van der Waals surface area contributed by atoms with E-state index in [1.807, 2.05) is 6.26 Å². The molecule has 2 saturated carbocycles. The van der Waals surface area contributed by atoms with Crippen LogP contribution in [0.4, 0.5) is 0 Å². The molecule has 2 aliphatic rings. The van der Waals surface area contributed by atoms with Gasteiger partial charge in [-0.2, -0.15) is 4.37 Å². The summed E-state index contributed by atoms with van der Waals surface area (Å²) in [6.45, 7) is 6.96. The van der Waals surface area contributed by atoms with Gasteiger partial charge in [0.15, 0.2) is 4.34 Å². The summed E-state index contributed by atoms with van der Waals surface area (Å²) in [5.41, 5.74) is 0.407. The van der Waals surface area contributed by atoms with Crippen molar-refractivity contribution in [2.75, 3.05) is 12.0 Å². The lowest BCUT2D eigenvalue weighted by atomic mass is 9.70. The fraction of sp³-hybridized carbons (Fsp3) is 0.800. The van der Waals surface area contributed by atoms with Gasteiger partial charge >= 0.3 is 5.97 Å². The SMILES string of the molecule is CSc1nsc(SCC(=O)O[C@H]2C[C@@H]3CC[C@@]2(C)C3(C)C)n1. The molecule has 3 rings (SSSR count). The van der Waals surface area contributed by atoms with Crippen molar-refractivity contribution in [1.29, 1.82) is 0 Å². The summed E-state index contributed by atoms with van der Waals surface area (Å²) in [5, 5.41) is 0.767. The summed E-state index contributed by atoms with van der Waals surface area (Å²) >= 11 is 4.28. The Morgan fingerprint density at radius 2 is 2.23 bits per heavy atom. The zero-order valence-corrected chi connectivity index (χ0v) is 15.9. The van der Waals surface area contributed by atoms with Crippen LogP contribution in [0.2, 0.25) is 0 Å². The Hall–Kier alpha value is -0.270. The Morgan fingerprint density at radius 1 is 1.45 bits per heavy atom. The molecule has 122 valence electrons. The molecular formula is C15H22N2O2S3. The molecule has 0 N–H and O–H groups in total. The zero-order valence-electron chi connectivity index (χ0n) is 13.4. The summed E-state index contributed by atoms with van der Waals surface area (Å²) in [6, 6.07) is 0. The summed E-state index contributed by atoms with van der Waals surface area (Å²) in [6.07, 6.45) is 5.49. The molecule has 0 spiro atoms. The third-order valence-corrected chi connectivity index (χ3v) is 8.34. The molecule has 2 bridgehead atoms. The summed E-state index contributed by atoms with van der Waals surface area (Å²) in [4.78, 5) is 16.5. The first-order chi connectivity index (χ1) is 10.4. The summed E-state index contributed by atoms with van der Waals surface area (Å²) < 4.78 is 10.9. The first-order valence-electron chi connectivity index (χ1n) is 7.57. The van der Waals surface area contributed by atoms with Crippen molar-refractivity contribution in [2.24, 2.45) is 16.7 Å². The van der Waals surface area contributed by atoms with E-state index in [1.54, 1.807) is 0 Å². The molecule has 1 aromatic rings. The van der Waals surface area contributed by atoms with Crippen LogP contribution in [0.5, 0.6) is 0 Å². The molecule has 0 unspecified atom stereocenters. The lowest BCUT2D eigenvalue weighted by molar-refractivity contribution is -0.153. The minimum atomic E-state index is -0.125. The van der Waals surface area contributed by atoms with Crippen molar-refractivity contribution in [3.8, 4) is 0 Å². The molecule has 1 heterocycles. The van der Waals surface area contributed by atoms with E-state index in [4.69, 9.17) is 4.74 Å². The fourth-order valence-electron chi connectivity index (χ4n) is 3.96. The fourth-order valence-corrected chi connectivity index (χ4v) is 5.95. The zero-order chi connectivity index (χ0) is 16.0. The second kappa shape index (κ2) is 5.98. The number of aromatic nitrogens is 2. The highest BCUT2D eigenvalue weighted by atomic mass is 32.2. The van der Waals surface area contributed by atoms with Gasteiger partial charge in [-0.05, 0) is 48.4 Å². The molecule has 0 amide bonds. The van der Waals surface area contributed by atoms with Crippen molar-refractivity contribution in [3.63, 3.8) is 0 Å². The number of hydrogen-bond donors (Lipinski definition) is 0. The van der Waals surface area contributed by atoms with Crippen LogP contribution in [0.1, 0.15) is 40.0 Å². The van der Waals surface area contributed by atoms with Gasteiger partial charge in [0.05, 0.1) is 5.75 Å². The van der Waals surface area contributed by atoms with E-state index >= 15 is 0 Å². The Balaban J connectivity index is 1.55. The maximum Gasteiger partial charge on any atom is 0.316 e. The van der Waals surface area contributed by atoms with Gasteiger partial charge in [0.1, 0.15) is 6.10 Å². The van der Waals surface area contributed by atoms with Crippen LogP contribution in [-0.2, 0) is 9.53 Å². The van der Waals surface area contributed by atoms with Crippen LogP contribution >= 0.6 is 35.1 Å². The standard InChI is InChI=1S/C15H22N2O2S3/c1-14(2)9-5-6-15(14,3)10(7-9)19-11(18)8-21-13-16-12(20-4)17-22-13/h9-10H,5-8H2,1-4H3/t9-,10-,15+/m0/s1. The highest BCUT2D eigenvalue weighted by Crippen LogP contribution is 2.66. The van der Waals surface area contributed by atoms with E-state index in [-0.39, 0.29) is 22.9 Å². The minimum Gasteiger partial charge on any atom is -0.461 e. The lowest BCUT2D eigenvalue weighted by Crippen LogP contribution is -2.38. The molecule has 3 atom stereocenters. The maximum atomic E-state index is 12.2. The van der Waals surface area contributed by atoms with Gasteiger partial charge in [-0.1, -0.05) is 44.3 Å². The molecule has 0 aliphatic heterocycles. The van der Waals surface area contributed by atoms with Gasteiger partial charge in [-0.15, -0.1) is 0 Å². The highest BCUT2D eigenvalue weighted by molar-refractivity contribution is 8.01. The quantitative estimate of drug-likeness (QED) is 0.583. The Morgan fingerprint density at radius 3 is 2.77 bits per heavy atom. The number of carbonyl (C=O) groups excluding carboxylic acids is 1. The van der Waals surface area contributed by atoms with Gasteiger partial charge in [-0.25, -0.2) is 4.98 Å². The Kier molecular flexibility index (Phi) is 4.51. The number of ether oxygens (including phenoxy) is 1. The molecule has 0 radical (unpaired) electrons. The van der Waals surface area contributed by atoms with Crippen molar-refractivity contribution in [3.05, 3.63) is 0 Å². The van der Waals surface area contributed by atoms with E-state index < -0.39 is 0 Å². The number of nitrogens with zero attached hydrogens (tertiary/aromatic N) is 2. The molecule has 4 nitrogen and oxygen atoms in total.